The minimum Gasteiger partial charge on any atom is -0.435 e. The number of benzene rings is 2. The molecule has 27 heavy (non-hydrogen) atoms. The lowest BCUT2D eigenvalue weighted by molar-refractivity contribution is -0.126. The van der Waals surface area contributed by atoms with E-state index in [1.807, 2.05) is 0 Å². The summed E-state index contributed by atoms with van der Waals surface area (Å²) in [6.07, 6.45) is -0.0191. The third-order valence-corrected chi connectivity index (χ3v) is 4.23. The number of rotatable bonds is 6. The van der Waals surface area contributed by atoms with Crippen LogP contribution in [0.5, 0.6) is 5.75 Å². The molecule has 5 nitrogen and oxygen atoms in total. The molecule has 3 rings (SSSR count). The van der Waals surface area contributed by atoms with E-state index in [4.69, 9.17) is 0 Å². The van der Waals surface area contributed by atoms with Gasteiger partial charge in [-0.25, -0.2) is 4.39 Å². The van der Waals surface area contributed by atoms with E-state index in [9.17, 15) is 22.8 Å². The van der Waals surface area contributed by atoms with E-state index in [-0.39, 0.29) is 42.8 Å². The second-order valence-corrected chi connectivity index (χ2v) is 6.10. The number of nitrogens with zero attached hydrogens (tertiary/aromatic N) is 1. The molecule has 1 aliphatic rings. The highest BCUT2D eigenvalue weighted by Gasteiger charge is 2.35. The monoisotopic (exact) mass is 378 g/mol. The highest BCUT2D eigenvalue weighted by molar-refractivity contribution is 6.00. The number of ether oxygens (including phenoxy) is 1. The zero-order valence-corrected chi connectivity index (χ0v) is 14.2. The van der Waals surface area contributed by atoms with Crippen molar-refractivity contribution in [2.45, 2.75) is 19.6 Å². The average molecular weight is 378 g/mol. The molecule has 0 saturated carbocycles. The van der Waals surface area contributed by atoms with Crippen LogP contribution in [-0.2, 0) is 16.1 Å². The smallest absolute Gasteiger partial charge is 0.387 e. The maximum absolute atomic E-state index is 13.9. The van der Waals surface area contributed by atoms with Crippen molar-refractivity contribution < 1.29 is 27.5 Å². The predicted molar refractivity (Wildman–Crippen MR) is 91.8 cm³/mol. The van der Waals surface area contributed by atoms with Crippen LogP contribution in [0.15, 0.2) is 48.5 Å². The summed E-state index contributed by atoms with van der Waals surface area (Å²) in [7, 11) is 0. The number of amides is 2. The Kier molecular flexibility index (Phi) is 5.63. The van der Waals surface area contributed by atoms with Gasteiger partial charge in [-0.1, -0.05) is 24.3 Å². The van der Waals surface area contributed by atoms with Gasteiger partial charge < -0.3 is 15.0 Å². The summed E-state index contributed by atoms with van der Waals surface area (Å²) in [6, 6.07) is 11.9. The van der Waals surface area contributed by atoms with Crippen molar-refractivity contribution in [2.24, 2.45) is 5.92 Å². The van der Waals surface area contributed by atoms with Crippen molar-refractivity contribution in [3.63, 3.8) is 0 Å². The molecule has 0 radical (unpaired) electrons. The van der Waals surface area contributed by atoms with Crippen LogP contribution >= 0.6 is 0 Å². The Morgan fingerprint density at radius 3 is 2.74 bits per heavy atom. The molecule has 0 bridgehead atoms. The van der Waals surface area contributed by atoms with E-state index in [0.717, 1.165) is 0 Å². The van der Waals surface area contributed by atoms with Crippen molar-refractivity contribution in [2.75, 3.05) is 11.4 Å². The molecule has 1 aliphatic heterocycles. The number of hydrogen-bond acceptors (Lipinski definition) is 3. The number of halogens is 3. The molecule has 142 valence electrons. The maximum atomic E-state index is 13.9. The Morgan fingerprint density at radius 1 is 1.22 bits per heavy atom. The number of carbonyl (C=O) groups is 2. The first kappa shape index (κ1) is 18.8. The number of nitrogens with one attached hydrogen (secondary N) is 1. The SMILES string of the molecule is O=C(NCc1cccc(OC(F)F)c1)C1CC(=O)N(c2ccccc2F)C1. The first-order valence-electron chi connectivity index (χ1n) is 8.30. The van der Waals surface area contributed by atoms with E-state index in [2.05, 4.69) is 10.1 Å². The van der Waals surface area contributed by atoms with Crippen LogP contribution in [0.3, 0.4) is 0 Å². The van der Waals surface area contributed by atoms with Crippen LogP contribution in [-0.4, -0.2) is 25.0 Å². The fraction of sp³-hybridized carbons (Fsp3) is 0.263. The van der Waals surface area contributed by atoms with Crippen LogP contribution in [0.4, 0.5) is 18.9 Å². The normalized spacial score (nSPS) is 16.7. The zero-order valence-electron chi connectivity index (χ0n) is 14.2. The first-order chi connectivity index (χ1) is 12.9. The Bertz CT molecular complexity index is 844. The van der Waals surface area contributed by atoms with Gasteiger partial charge in [0.25, 0.3) is 0 Å². The van der Waals surface area contributed by atoms with Crippen LogP contribution in [0.25, 0.3) is 0 Å². The average Bonchev–Trinajstić information content (AvgIpc) is 3.01. The lowest BCUT2D eigenvalue weighted by atomic mass is 10.1. The molecule has 1 atom stereocenters. The number of carbonyl (C=O) groups excluding carboxylic acids is 2. The quantitative estimate of drug-likeness (QED) is 0.840. The Balaban J connectivity index is 1.59. The molecule has 1 fully saturated rings. The van der Waals surface area contributed by atoms with Crippen LogP contribution in [0.1, 0.15) is 12.0 Å². The van der Waals surface area contributed by atoms with Gasteiger partial charge in [0, 0.05) is 19.5 Å². The summed E-state index contributed by atoms with van der Waals surface area (Å²) in [5.74, 6) is -1.83. The minimum absolute atomic E-state index is 0.00137. The molecular formula is C19H17F3N2O3. The highest BCUT2D eigenvalue weighted by Crippen LogP contribution is 2.27. The number of para-hydroxylation sites is 1. The molecule has 1 saturated heterocycles. The zero-order chi connectivity index (χ0) is 19.4. The van der Waals surface area contributed by atoms with Gasteiger partial charge in [0.2, 0.25) is 11.8 Å². The van der Waals surface area contributed by atoms with Gasteiger partial charge in [0.15, 0.2) is 0 Å². The van der Waals surface area contributed by atoms with E-state index in [1.165, 1.54) is 41.3 Å². The molecular weight excluding hydrogens is 361 g/mol. The third-order valence-electron chi connectivity index (χ3n) is 4.23. The van der Waals surface area contributed by atoms with Crippen molar-refractivity contribution in [3.05, 3.63) is 59.9 Å². The summed E-state index contributed by atoms with van der Waals surface area (Å²) < 4.78 is 42.7. The van der Waals surface area contributed by atoms with Crippen LogP contribution in [0, 0.1) is 11.7 Å². The van der Waals surface area contributed by atoms with E-state index in [1.54, 1.807) is 12.1 Å². The number of alkyl halides is 2. The summed E-state index contributed by atoms with van der Waals surface area (Å²) in [6.45, 7) is -2.74. The summed E-state index contributed by atoms with van der Waals surface area (Å²) >= 11 is 0. The second kappa shape index (κ2) is 8.11. The molecule has 1 N–H and O–H groups in total. The first-order valence-corrected chi connectivity index (χ1v) is 8.30. The van der Waals surface area contributed by atoms with Crippen molar-refractivity contribution in [1.29, 1.82) is 0 Å². The Labute approximate surface area is 153 Å². The summed E-state index contributed by atoms with van der Waals surface area (Å²) in [5.41, 5.74) is 0.728. The van der Waals surface area contributed by atoms with Crippen molar-refractivity contribution in [3.8, 4) is 5.75 Å². The Morgan fingerprint density at radius 2 is 2.00 bits per heavy atom. The predicted octanol–water partition coefficient (Wildman–Crippen LogP) is 3.10. The van der Waals surface area contributed by atoms with Gasteiger partial charge in [0.1, 0.15) is 11.6 Å². The fourth-order valence-electron chi connectivity index (χ4n) is 2.95. The lowest BCUT2D eigenvalue weighted by Crippen LogP contribution is -2.32. The molecule has 0 aromatic heterocycles. The van der Waals surface area contributed by atoms with Gasteiger partial charge in [-0.15, -0.1) is 0 Å². The standard InChI is InChI=1S/C19H17F3N2O3/c20-15-6-1-2-7-16(15)24-11-13(9-17(24)25)18(26)23-10-12-4-3-5-14(8-12)27-19(21)22/h1-8,13,19H,9-11H2,(H,23,26). The molecule has 0 aliphatic carbocycles. The van der Waals surface area contributed by atoms with Gasteiger partial charge in [0.05, 0.1) is 11.6 Å². The Hall–Kier alpha value is -3.03. The summed E-state index contributed by atoms with van der Waals surface area (Å²) in [5, 5.41) is 2.67. The topological polar surface area (TPSA) is 58.6 Å². The lowest BCUT2D eigenvalue weighted by Gasteiger charge is -2.17. The molecule has 8 heteroatoms. The molecule has 2 amide bonds. The van der Waals surface area contributed by atoms with E-state index in [0.29, 0.717) is 5.56 Å². The van der Waals surface area contributed by atoms with Crippen molar-refractivity contribution in [1.82, 2.24) is 5.32 Å². The van der Waals surface area contributed by atoms with Crippen molar-refractivity contribution >= 4 is 17.5 Å². The minimum atomic E-state index is -2.93. The fourth-order valence-corrected chi connectivity index (χ4v) is 2.95. The van der Waals surface area contributed by atoms with Gasteiger partial charge in [-0.05, 0) is 29.8 Å². The third kappa shape index (κ3) is 4.58. The molecule has 2 aromatic carbocycles. The molecule has 2 aromatic rings. The summed E-state index contributed by atoms with van der Waals surface area (Å²) in [4.78, 5) is 25.8. The van der Waals surface area contributed by atoms with Crippen LogP contribution < -0.4 is 15.0 Å². The van der Waals surface area contributed by atoms with E-state index >= 15 is 0 Å². The maximum Gasteiger partial charge on any atom is 0.387 e. The second-order valence-electron chi connectivity index (χ2n) is 6.10. The van der Waals surface area contributed by atoms with Crippen LogP contribution in [0.2, 0.25) is 0 Å². The number of hydrogen-bond donors (Lipinski definition) is 1. The highest BCUT2D eigenvalue weighted by atomic mass is 19.3. The number of anilines is 1. The molecule has 1 heterocycles. The van der Waals surface area contributed by atoms with Gasteiger partial charge in [-0.3, -0.25) is 9.59 Å². The molecule has 0 spiro atoms. The van der Waals surface area contributed by atoms with Gasteiger partial charge >= 0.3 is 6.61 Å². The largest absolute Gasteiger partial charge is 0.435 e. The van der Waals surface area contributed by atoms with E-state index < -0.39 is 18.3 Å². The molecule has 1 unspecified atom stereocenters. The van der Waals surface area contributed by atoms with Gasteiger partial charge in [-0.2, -0.15) is 8.78 Å².